The summed E-state index contributed by atoms with van der Waals surface area (Å²) in [6, 6.07) is 5.67. The van der Waals surface area contributed by atoms with Crippen LogP contribution in [-0.2, 0) is 0 Å². The number of aliphatic hydroxyl groups is 1. The maximum atomic E-state index is 12.2. The SMILES string of the molecule is Cl.N#Cc1ccccc1[C@H](N)[C@H](O)C(F)(F)F. The largest absolute Gasteiger partial charge is 0.416 e. The first kappa shape index (κ1) is 15.7. The maximum Gasteiger partial charge on any atom is 0.416 e. The topological polar surface area (TPSA) is 70.0 Å². The van der Waals surface area contributed by atoms with Gasteiger partial charge >= 0.3 is 6.18 Å². The Hall–Kier alpha value is -1.29. The van der Waals surface area contributed by atoms with Crippen molar-refractivity contribution in [2.24, 2.45) is 5.73 Å². The van der Waals surface area contributed by atoms with E-state index in [1.54, 1.807) is 6.07 Å². The molecule has 1 rings (SSSR count). The summed E-state index contributed by atoms with van der Waals surface area (Å²) < 4.78 is 36.6. The molecule has 0 radical (unpaired) electrons. The normalized spacial score (nSPS) is 14.4. The van der Waals surface area contributed by atoms with Crippen LogP contribution >= 0.6 is 12.4 Å². The Morgan fingerprint density at radius 2 is 1.82 bits per heavy atom. The van der Waals surface area contributed by atoms with E-state index in [1.165, 1.54) is 24.3 Å². The number of aliphatic hydroxyl groups excluding tert-OH is 1. The molecule has 0 spiro atoms. The lowest BCUT2D eigenvalue weighted by molar-refractivity contribution is -0.210. The van der Waals surface area contributed by atoms with Gasteiger partial charge in [0.15, 0.2) is 6.10 Å². The van der Waals surface area contributed by atoms with Crippen LogP contribution in [0.25, 0.3) is 0 Å². The number of nitriles is 1. The van der Waals surface area contributed by atoms with Crippen molar-refractivity contribution in [1.82, 2.24) is 0 Å². The van der Waals surface area contributed by atoms with E-state index in [-0.39, 0.29) is 23.5 Å². The highest BCUT2D eigenvalue weighted by Crippen LogP contribution is 2.29. The third-order valence-corrected chi connectivity index (χ3v) is 2.12. The van der Waals surface area contributed by atoms with Crippen molar-refractivity contribution in [3.05, 3.63) is 35.4 Å². The Labute approximate surface area is 102 Å². The minimum Gasteiger partial charge on any atom is -0.382 e. The molecule has 1 aromatic carbocycles. The fourth-order valence-corrected chi connectivity index (χ4v) is 1.26. The maximum absolute atomic E-state index is 12.2. The summed E-state index contributed by atoms with van der Waals surface area (Å²) in [5, 5.41) is 17.7. The van der Waals surface area contributed by atoms with Crippen LogP contribution in [0.1, 0.15) is 17.2 Å². The number of hydrogen-bond acceptors (Lipinski definition) is 3. The summed E-state index contributed by atoms with van der Waals surface area (Å²) in [5.74, 6) is 0. The Morgan fingerprint density at radius 1 is 1.29 bits per heavy atom. The first-order valence-corrected chi connectivity index (χ1v) is 4.37. The van der Waals surface area contributed by atoms with E-state index in [1.807, 2.05) is 0 Å². The molecule has 94 valence electrons. The van der Waals surface area contributed by atoms with Gasteiger partial charge in [-0.05, 0) is 11.6 Å². The molecule has 0 heterocycles. The van der Waals surface area contributed by atoms with E-state index in [2.05, 4.69) is 0 Å². The molecule has 2 atom stereocenters. The fourth-order valence-electron chi connectivity index (χ4n) is 1.26. The second kappa shape index (κ2) is 5.87. The van der Waals surface area contributed by atoms with Gasteiger partial charge in [-0.25, -0.2) is 0 Å². The molecule has 3 N–H and O–H groups in total. The number of rotatable bonds is 2. The highest BCUT2D eigenvalue weighted by Gasteiger charge is 2.43. The molecule has 1 aromatic rings. The van der Waals surface area contributed by atoms with Crippen LogP contribution in [-0.4, -0.2) is 17.4 Å². The molecule has 0 amide bonds. The molecular formula is C10H10ClF3N2O. The summed E-state index contributed by atoms with van der Waals surface area (Å²) in [5.41, 5.74) is 5.29. The smallest absolute Gasteiger partial charge is 0.382 e. The monoisotopic (exact) mass is 266 g/mol. The van der Waals surface area contributed by atoms with Gasteiger partial charge < -0.3 is 10.8 Å². The molecule has 0 aromatic heterocycles. The Morgan fingerprint density at radius 3 is 2.29 bits per heavy atom. The van der Waals surface area contributed by atoms with Gasteiger partial charge in [-0.3, -0.25) is 0 Å². The van der Waals surface area contributed by atoms with Crippen molar-refractivity contribution in [2.75, 3.05) is 0 Å². The molecule has 7 heteroatoms. The van der Waals surface area contributed by atoms with Gasteiger partial charge in [-0.2, -0.15) is 18.4 Å². The lowest BCUT2D eigenvalue weighted by Gasteiger charge is -2.22. The van der Waals surface area contributed by atoms with E-state index >= 15 is 0 Å². The fraction of sp³-hybridized carbons (Fsp3) is 0.300. The van der Waals surface area contributed by atoms with E-state index in [4.69, 9.17) is 16.1 Å². The molecular weight excluding hydrogens is 257 g/mol. The summed E-state index contributed by atoms with van der Waals surface area (Å²) in [6.45, 7) is 0. The van der Waals surface area contributed by atoms with Crippen molar-refractivity contribution in [2.45, 2.75) is 18.3 Å². The average Bonchev–Trinajstić information content (AvgIpc) is 2.25. The zero-order chi connectivity index (χ0) is 12.3. The average molecular weight is 267 g/mol. The predicted molar refractivity (Wildman–Crippen MR) is 57.4 cm³/mol. The molecule has 0 saturated heterocycles. The highest BCUT2D eigenvalue weighted by molar-refractivity contribution is 5.85. The number of benzene rings is 1. The predicted octanol–water partition coefficient (Wildman–Crippen LogP) is 1.90. The third-order valence-electron chi connectivity index (χ3n) is 2.12. The third kappa shape index (κ3) is 3.60. The van der Waals surface area contributed by atoms with Crippen molar-refractivity contribution in [3.63, 3.8) is 0 Å². The summed E-state index contributed by atoms with van der Waals surface area (Å²) in [4.78, 5) is 0. The van der Waals surface area contributed by atoms with Crippen molar-refractivity contribution in [3.8, 4) is 6.07 Å². The van der Waals surface area contributed by atoms with Crippen LogP contribution in [0.5, 0.6) is 0 Å². The summed E-state index contributed by atoms with van der Waals surface area (Å²) in [6.07, 6.45) is -7.48. The van der Waals surface area contributed by atoms with Crippen molar-refractivity contribution < 1.29 is 18.3 Å². The van der Waals surface area contributed by atoms with Crippen LogP contribution in [0.2, 0.25) is 0 Å². The van der Waals surface area contributed by atoms with E-state index in [0.29, 0.717) is 0 Å². The van der Waals surface area contributed by atoms with E-state index < -0.39 is 18.3 Å². The van der Waals surface area contributed by atoms with Gasteiger partial charge in [-0.1, -0.05) is 18.2 Å². The van der Waals surface area contributed by atoms with Crippen LogP contribution in [0, 0.1) is 11.3 Å². The first-order chi connectivity index (χ1) is 7.38. The highest BCUT2D eigenvalue weighted by atomic mass is 35.5. The van der Waals surface area contributed by atoms with Gasteiger partial charge in [0, 0.05) is 0 Å². The second-order valence-electron chi connectivity index (χ2n) is 3.21. The Balaban J connectivity index is 0.00000256. The second-order valence-corrected chi connectivity index (χ2v) is 3.21. The minimum absolute atomic E-state index is 0. The number of hydrogen-bond donors (Lipinski definition) is 2. The Kier molecular flexibility index (Phi) is 5.42. The zero-order valence-corrected chi connectivity index (χ0v) is 9.29. The van der Waals surface area contributed by atoms with Crippen molar-refractivity contribution in [1.29, 1.82) is 5.26 Å². The molecule has 3 nitrogen and oxygen atoms in total. The van der Waals surface area contributed by atoms with Gasteiger partial charge in [-0.15, -0.1) is 12.4 Å². The van der Waals surface area contributed by atoms with Crippen LogP contribution in [0.4, 0.5) is 13.2 Å². The van der Waals surface area contributed by atoms with Gasteiger partial charge in [0.05, 0.1) is 17.7 Å². The summed E-state index contributed by atoms with van der Waals surface area (Å²) >= 11 is 0. The molecule has 0 aliphatic rings. The quantitative estimate of drug-likeness (QED) is 0.859. The van der Waals surface area contributed by atoms with E-state index in [9.17, 15) is 13.2 Å². The van der Waals surface area contributed by atoms with Gasteiger partial charge in [0.1, 0.15) is 0 Å². The summed E-state index contributed by atoms with van der Waals surface area (Å²) in [7, 11) is 0. The zero-order valence-electron chi connectivity index (χ0n) is 8.48. The molecule has 0 fully saturated rings. The lowest BCUT2D eigenvalue weighted by Crippen LogP contribution is -2.39. The molecule has 0 aliphatic carbocycles. The van der Waals surface area contributed by atoms with Crippen LogP contribution in [0.3, 0.4) is 0 Å². The lowest BCUT2D eigenvalue weighted by atomic mass is 9.97. The van der Waals surface area contributed by atoms with Crippen LogP contribution in [0.15, 0.2) is 24.3 Å². The van der Waals surface area contributed by atoms with Gasteiger partial charge in [0.25, 0.3) is 0 Å². The van der Waals surface area contributed by atoms with Crippen LogP contribution < -0.4 is 5.73 Å². The Bertz CT molecular complexity index is 417. The molecule has 0 aliphatic heterocycles. The first-order valence-electron chi connectivity index (χ1n) is 4.37. The van der Waals surface area contributed by atoms with Gasteiger partial charge in [0.2, 0.25) is 0 Å². The number of halogens is 4. The molecule has 17 heavy (non-hydrogen) atoms. The molecule has 0 unspecified atom stereocenters. The number of nitrogens with zero attached hydrogens (tertiary/aromatic N) is 1. The molecule has 0 bridgehead atoms. The number of alkyl halides is 3. The van der Waals surface area contributed by atoms with Crippen molar-refractivity contribution >= 4 is 12.4 Å². The number of nitrogens with two attached hydrogens (primary N) is 1. The molecule has 0 saturated carbocycles. The van der Waals surface area contributed by atoms with E-state index in [0.717, 1.165) is 0 Å². The standard InChI is InChI=1S/C10H9F3N2O.ClH/c11-10(12,13)9(16)8(15)7-4-2-1-3-6(7)5-14;/h1-4,8-9,16H,15H2;1H/t8-,9-;/m0./s1. The minimum atomic E-state index is -4.80.